The Morgan fingerprint density at radius 2 is 1.04 bits per heavy atom. The van der Waals surface area contributed by atoms with E-state index in [1.165, 1.54) is 0 Å². The van der Waals surface area contributed by atoms with Crippen LogP contribution in [0.4, 0.5) is 21.2 Å². The zero-order chi connectivity index (χ0) is 51.4. The molecule has 5 N–H and O–H groups in total. The van der Waals surface area contributed by atoms with Crippen molar-refractivity contribution in [3.05, 3.63) is 155 Å². The predicted molar refractivity (Wildman–Crippen MR) is 281 cm³/mol. The topological polar surface area (TPSA) is 193 Å². The average Bonchev–Trinajstić information content (AvgIpc) is 3.37. The molecule has 2 amide bonds. The molecule has 0 bridgehead atoms. The fraction of sp³-hybridized carbons (Fsp3) is 0.362. The van der Waals surface area contributed by atoms with Crippen LogP contribution in [0.25, 0.3) is 22.5 Å². The summed E-state index contributed by atoms with van der Waals surface area (Å²) in [5.74, 6) is 1.79. The second-order valence-electron chi connectivity index (χ2n) is 20.2. The van der Waals surface area contributed by atoms with Crippen LogP contribution in [0.2, 0.25) is 0 Å². The maximum atomic E-state index is 12.7. The highest BCUT2D eigenvalue weighted by molar-refractivity contribution is 5.86. The fourth-order valence-corrected chi connectivity index (χ4v) is 9.01. The lowest BCUT2D eigenvalue weighted by Crippen LogP contribution is -2.42. The molecule has 2 aliphatic heterocycles. The summed E-state index contributed by atoms with van der Waals surface area (Å²) in [5.41, 5.74) is 19.2. The summed E-state index contributed by atoms with van der Waals surface area (Å²) in [5, 5.41) is 10.1. The van der Waals surface area contributed by atoms with Crippen LogP contribution < -0.4 is 20.9 Å². The monoisotopic (exact) mass is 977 g/mol. The zero-order valence-corrected chi connectivity index (χ0v) is 42.3. The molecule has 14 heteroatoms. The number of ether oxygens (including phenoxy) is 4. The maximum absolute atomic E-state index is 12.7. The van der Waals surface area contributed by atoms with Crippen LogP contribution in [-0.4, -0.2) is 80.7 Å². The Kier molecular flexibility index (Phi) is 17.2. The highest BCUT2D eigenvalue weighted by Crippen LogP contribution is 2.39. The number of benzene rings is 4. The minimum absolute atomic E-state index is 0.00914. The molecule has 378 valence electrons. The second kappa shape index (κ2) is 23.6. The first-order valence-electron chi connectivity index (χ1n) is 24.6. The predicted octanol–water partition coefficient (Wildman–Crippen LogP) is 11.4. The number of aliphatic hydroxyl groups is 1. The van der Waals surface area contributed by atoms with E-state index in [0.29, 0.717) is 73.4 Å². The number of piperidine rings is 2. The molecule has 4 heterocycles. The first-order valence-corrected chi connectivity index (χ1v) is 24.6. The summed E-state index contributed by atoms with van der Waals surface area (Å²) in [6.45, 7) is 14.0. The number of aldehydes is 1. The SMILES string of the molecule is CC(C)(C)OC(=O)N1CCCC(c2cc(-c3ccccc3OCc3ccccc3)nc(N)c2C=O)C1.CC(C)(C)OC(=O)N1CCCC(c2cc(-c3ccccc3OCc3ccccc3)nc(N)c2CO)C1. The Hall–Kier alpha value is -7.45. The number of para-hydroxylation sites is 2. The number of rotatable bonds is 12. The number of carbonyl (C=O) groups excluding carboxylic acids is 3. The molecule has 8 rings (SSSR count). The number of pyridine rings is 2. The van der Waals surface area contributed by atoms with Crippen LogP contribution in [0.3, 0.4) is 0 Å². The van der Waals surface area contributed by atoms with Crippen molar-refractivity contribution in [3.8, 4) is 34.0 Å². The number of amides is 2. The van der Waals surface area contributed by atoms with Gasteiger partial charge in [0.15, 0.2) is 6.29 Å². The Morgan fingerprint density at radius 1 is 0.625 bits per heavy atom. The summed E-state index contributed by atoms with van der Waals surface area (Å²) >= 11 is 0. The molecular weight excluding hydrogens is 909 g/mol. The number of carbonyl (C=O) groups is 3. The van der Waals surface area contributed by atoms with Gasteiger partial charge in [-0.15, -0.1) is 0 Å². The van der Waals surface area contributed by atoms with Crippen molar-refractivity contribution < 1.29 is 38.4 Å². The van der Waals surface area contributed by atoms with Crippen LogP contribution in [0, 0.1) is 0 Å². The number of aromatic nitrogens is 2. The minimum Gasteiger partial charge on any atom is -0.488 e. The first kappa shape index (κ1) is 52.4. The van der Waals surface area contributed by atoms with Gasteiger partial charge in [0.2, 0.25) is 0 Å². The average molecular weight is 977 g/mol. The van der Waals surface area contributed by atoms with Crippen LogP contribution >= 0.6 is 0 Å². The van der Waals surface area contributed by atoms with Crippen molar-refractivity contribution in [2.45, 2.75) is 110 Å². The summed E-state index contributed by atoms with van der Waals surface area (Å²) in [7, 11) is 0. The van der Waals surface area contributed by atoms with Gasteiger partial charge in [0.05, 0.1) is 23.6 Å². The van der Waals surface area contributed by atoms with Crippen molar-refractivity contribution >= 4 is 30.1 Å². The maximum Gasteiger partial charge on any atom is 0.410 e. The summed E-state index contributed by atoms with van der Waals surface area (Å²) in [6, 6.07) is 39.2. The lowest BCUT2D eigenvalue weighted by Gasteiger charge is -2.35. The van der Waals surface area contributed by atoms with Gasteiger partial charge < -0.3 is 45.3 Å². The van der Waals surface area contributed by atoms with E-state index in [4.69, 9.17) is 30.4 Å². The van der Waals surface area contributed by atoms with Gasteiger partial charge in [-0.05, 0) is 126 Å². The van der Waals surface area contributed by atoms with Gasteiger partial charge in [0.1, 0.15) is 47.6 Å². The lowest BCUT2D eigenvalue weighted by atomic mass is 9.87. The van der Waals surface area contributed by atoms with Crippen LogP contribution in [0.1, 0.15) is 117 Å². The Bertz CT molecular complexity index is 2790. The van der Waals surface area contributed by atoms with Gasteiger partial charge >= 0.3 is 12.2 Å². The number of nitrogens with two attached hydrogens (primary N) is 2. The third-order valence-electron chi connectivity index (χ3n) is 12.4. The number of anilines is 2. The molecule has 0 aliphatic carbocycles. The molecule has 2 atom stereocenters. The van der Waals surface area contributed by atoms with E-state index in [-0.39, 0.29) is 42.3 Å². The molecule has 14 nitrogen and oxygen atoms in total. The summed E-state index contributed by atoms with van der Waals surface area (Å²) in [6.07, 6.45) is 3.43. The number of likely N-dealkylation sites (tertiary alicyclic amines) is 2. The van der Waals surface area contributed by atoms with E-state index in [0.717, 1.165) is 65.4 Å². The molecule has 6 aromatic rings. The zero-order valence-electron chi connectivity index (χ0n) is 42.3. The molecule has 2 aliphatic rings. The van der Waals surface area contributed by atoms with Gasteiger partial charge in [-0.1, -0.05) is 84.9 Å². The van der Waals surface area contributed by atoms with E-state index >= 15 is 0 Å². The van der Waals surface area contributed by atoms with E-state index < -0.39 is 11.2 Å². The molecule has 0 saturated carbocycles. The van der Waals surface area contributed by atoms with Gasteiger partial charge in [-0.2, -0.15) is 0 Å². The Balaban J connectivity index is 0.000000211. The minimum atomic E-state index is -0.574. The standard InChI is InChI=1S/C29H35N3O4.C29H33N3O4/c2*1-29(2,3)36-28(34)32-15-9-12-21(17-32)23-16-25(31-27(30)24(23)18-33)22-13-7-8-14-26(22)35-19-20-10-5-4-6-11-20/h4-8,10-11,13-14,16,21,33H,9,12,15,17-19H2,1-3H3,(H2,30,31);4-8,10-11,13-14,16,18,21H,9,12,15,17,19H2,1-3H3,(H2,30,31). The van der Waals surface area contributed by atoms with Gasteiger partial charge in [0.25, 0.3) is 0 Å². The molecule has 2 aromatic heterocycles. The van der Waals surface area contributed by atoms with Crippen molar-refractivity contribution in [3.63, 3.8) is 0 Å². The Morgan fingerprint density at radius 3 is 1.49 bits per heavy atom. The number of nitrogen functional groups attached to an aromatic ring is 2. The fourth-order valence-electron chi connectivity index (χ4n) is 9.01. The van der Waals surface area contributed by atoms with Gasteiger partial charge in [-0.3, -0.25) is 4.79 Å². The molecule has 2 saturated heterocycles. The number of nitrogens with zero attached hydrogens (tertiary/aromatic N) is 4. The third-order valence-corrected chi connectivity index (χ3v) is 12.4. The summed E-state index contributed by atoms with van der Waals surface area (Å²) in [4.78, 5) is 50.1. The van der Waals surface area contributed by atoms with Crippen LogP contribution in [0.5, 0.6) is 11.5 Å². The molecule has 72 heavy (non-hydrogen) atoms. The molecule has 2 fully saturated rings. The second-order valence-corrected chi connectivity index (χ2v) is 20.2. The number of aliphatic hydroxyl groups excluding tert-OH is 1. The summed E-state index contributed by atoms with van der Waals surface area (Å²) < 4.78 is 23.5. The quantitative estimate of drug-likeness (QED) is 0.0984. The van der Waals surface area contributed by atoms with E-state index in [1.54, 1.807) is 9.80 Å². The van der Waals surface area contributed by atoms with E-state index in [2.05, 4.69) is 9.97 Å². The highest BCUT2D eigenvalue weighted by atomic mass is 16.6. The van der Waals surface area contributed by atoms with Crippen LogP contribution in [-0.2, 0) is 29.3 Å². The van der Waals surface area contributed by atoms with Crippen molar-refractivity contribution in [1.29, 1.82) is 0 Å². The number of hydrogen-bond donors (Lipinski definition) is 3. The van der Waals surface area contributed by atoms with Crippen molar-refractivity contribution in [1.82, 2.24) is 19.8 Å². The van der Waals surface area contributed by atoms with Crippen molar-refractivity contribution in [2.75, 3.05) is 37.6 Å². The normalized spacial score (nSPS) is 15.9. The third kappa shape index (κ3) is 13.9. The van der Waals surface area contributed by atoms with Crippen LogP contribution in [0.15, 0.2) is 121 Å². The highest BCUT2D eigenvalue weighted by Gasteiger charge is 2.32. The largest absolute Gasteiger partial charge is 0.488 e. The molecular formula is C58H68N6O8. The molecule has 4 aromatic carbocycles. The molecule has 0 spiro atoms. The van der Waals surface area contributed by atoms with Gasteiger partial charge in [0, 0.05) is 54.7 Å². The van der Waals surface area contributed by atoms with Gasteiger partial charge in [-0.25, -0.2) is 19.6 Å². The lowest BCUT2D eigenvalue weighted by molar-refractivity contribution is 0.0188. The van der Waals surface area contributed by atoms with E-state index in [1.807, 2.05) is 163 Å². The smallest absolute Gasteiger partial charge is 0.410 e. The molecule has 0 radical (unpaired) electrons. The van der Waals surface area contributed by atoms with E-state index in [9.17, 15) is 19.5 Å². The van der Waals surface area contributed by atoms with Crippen molar-refractivity contribution in [2.24, 2.45) is 0 Å². The first-order chi connectivity index (χ1) is 34.5. The number of hydrogen-bond acceptors (Lipinski definition) is 12. The molecule has 2 unspecified atom stereocenters. The Labute approximate surface area is 423 Å².